The Bertz CT molecular complexity index is 1870. The number of rotatable bonds is 77. The van der Waals surface area contributed by atoms with Crippen LogP contribution in [0.3, 0.4) is 0 Å². The highest BCUT2D eigenvalue weighted by Crippen LogP contribution is 2.45. The summed E-state index contributed by atoms with van der Waals surface area (Å²) in [5.41, 5.74) is 0. The molecule has 0 aromatic heterocycles. The summed E-state index contributed by atoms with van der Waals surface area (Å²) in [6.07, 6.45) is 58.4. The van der Waals surface area contributed by atoms with E-state index >= 15 is 0 Å². The SMILES string of the molecule is CCCCCCCCCCCCCCCCCCCCCCCCC(=O)O[C@H](COC(=O)CCCCCCCCCCCCC(C)CC)COP(=O)(O)OC[C@@H](O)COP(=O)(O)OC[C@@H](COC(=O)CCCCCCCCCCC)OC(=O)CCCCCCCCCCCC(C)C. The Morgan fingerprint density at radius 3 is 0.784 bits per heavy atom. The third-order valence-electron chi connectivity index (χ3n) is 18.6. The van der Waals surface area contributed by atoms with Gasteiger partial charge in [0.25, 0.3) is 0 Å². The van der Waals surface area contributed by atoms with Gasteiger partial charge in [-0.25, -0.2) is 9.13 Å². The van der Waals surface area contributed by atoms with Crippen LogP contribution in [0.15, 0.2) is 0 Å². The summed E-state index contributed by atoms with van der Waals surface area (Å²) in [4.78, 5) is 72.8. The lowest BCUT2D eigenvalue weighted by molar-refractivity contribution is -0.161. The Morgan fingerprint density at radius 1 is 0.299 bits per heavy atom. The third kappa shape index (κ3) is 70.9. The first-order valence-corrected chi connectivity index (χ1v) is 43.5. The van der Waals surface area contributed by atoms with Crippen molar-refractivity contribution in [1.82, 2.24) is 0 Å². The normalized spacial score (nSPS) is 14.2. The Morgan fingerprint density at radius 2 is 0.526 bits per heavy atom. The Kier molecular flexibility index (Phi) is 68.4. The number of carbonyl (C=O) groups excluding carboxylic acids is 4. The van der Waals surface area contributed by atoms with Gasteiger partial charge in [-0.2, -0.15) is 0 Å². The fraction of sp³-hybridized carbons (Fsp3) is 0.949. The molecule has 3 unspecified atom stereocenters. The van der Waals surface area contributed by atoms with Crippen LogP contribution in [0.1, 0.15) is 408 Å². The number of esters is 4. The molecule has 576 valence electrons. The number of carbonyl (C=O) groups is 4. The van der Waals surface area contributed by atoms with Crippen molar-refractivity contribution < 1.29 is 80.2 Å². The monoisotopic (exact) mass is 1420 g/mol. The molecule has 6 atom stereocenters. The standard InChI is InChI=1S/C78H152O17P2/c1-7-10-12-14-16-18-19-20-21-22-23-24-25-26-27-28-29-30-38-44-50-56-62-77(82)94-74(67-89-76(81)61-55-49-43-37-32-31-36-41-47-53-59-71(6)9-3)69-93-97(86,87)91-65-72(79)64-90-96(84,85)92-68-73(66-88-75(80)60-54-48-42-34-17-15-13-11-8-2)95-78(83)63-57-51-45-39-33-35-40-46-52-58-70(4)5/h70-74,79H,7-69H2,1-6H3,(H,84,85)(H,86,87)/t71?,72-,73+,74+/m0/s1. The zero-order valence-electron chi connectivity index (χ0n) is 63.4. The van der Waals surface area contributed by atoms with Crippen LogP contribution in [0, 0.1) is 11.8 Å². The van der Waals surface area contributed by atoms with Gasteiger partial charge >= 0.3 is 39.5 Å². The average Bonchev–Trinajstić information content (AvgIpc) is 1.18. The van der Waals surface area contributed by atoms with E-state index in [-0.39, 0.29) is 25.7 Å². The molecule has 0 aliphatic heterocycles. The van der Waals surface area contributed by atoms with Crippen LogP contribution >= 0.6 is 15.6 Å². The largest absolute Gasteiger partial charge is 0.472 e. The summed E-state index contributed by atoms with van der Waals surface area (Å²) in [6, 6.07) is 0. The van der Waals surface area contributed by atoms with E-state index in [1.165, 1.54) is 225 Å². The van der Waals surface area contributed by atoms with E-state index < -0.39 is 97.5 Å². The minimum absolute atomic E-state index is 0.105. The maximum atomic E-state index is 13.1. The lowest BCUT2D eigenvalue weighted by atomic mass is 9.99. The summed E-state index contributed by atoms with van der Waals surface area (Å²) in [5, 5.41) is 10.6. The van der Waals surface area contributed by atoms with E-state index in [9.17, 15) is 43.2 Å². The molecule has 0 fully saturated rings. The average molecular weight is 1420 g/mol. The molecule has 0 saturated carbocycles. The number of hydrogen-bond donors (Lipinski definition) is 3. The molecule has 17 nitrogen and oxygen atoms in total. The first-order valence-electron chi connectivity index (χ1n) is 40.5. The fourth-order valence-corrected chi connectivity index (χ4v) is 13.6. The molecule has 97 heavy (non-hydrogen) atoms. The third-order valence-corrected chi connectivity index (χ3v) is 20.5. The van der Waals surface area contributed by atoms with Crippen LogP contribution in [0.2, 0.25) is 0 Å². The maximum absolute atomic E-state index is 13.1. The highest BCUT2D eigenvalue weighted by atomic mass is 31.2. The molecule has 0 heterocycles. The number of unbranched alkanes of at least 4 members (excludes halogenated alkanes) is 46. The smallest absolute Gasteiger partial charge is 0.462 e. The topological polar surface area (TPSA) is 237 Å². The first-order chi connectivity index (χ1) is 46.9. The van der Waals surface area contributed by atoms with Gasteiger partial charge in [0, 0.05) is 25.7 Å². The Labute approximate surface area is 594 Å². The van der Waals surface area contributed by atoms with Crippen LogP contribution < -0.4 is 0 Å². The van der Waals surface area contributed by atoms with E-state index in [1.807, 2.05) is 0 Å². The molecule has 0 rings (SSSR count). The molecule has 0 radical (unpaired) electrons. The van der Waals surface area contributed by atoms with Gasteiger partial charge in [-0.15, -0.1) is 0 Å². The molecule has 3 N–H and O–H groups in total. The van der Waals surface area contributed by atoms with Crippen molar-refractivity contribution in [2.75, 3.05) is 39.6 Å². The summed E-state index contributed by atoms with van der Waals surface area (Å²) in [5.74, 6) is -0.570. The maximum Gasteiger partial charge on any atom is 0.472 e. The second-order valence-electron chi connectivity index (χ2n) is 28.8. The first kappa shape index (κ1) is 95.1. The van der Waals surface area contributed by atoms with Crippen molar-refractivity contribution in [3.63, 3.8) is 0 Å². The lowest BCUT2D eigenvalue weighted by Crippen LogP contribution is -2.30. The molecule has 0 spiro atoms. The number of phosphoric ester groups is 2. The highest BCUT2D eigenvalue weighted by Gasteiger charge is 2.30. The molecule has 0 aliphatic carbocycles. The lowest BCUT2D eigenvalue weighted by Gasteiger charge is -2.21. The van der Waals surface area contributed by atoms with Crippen LogP contribution in [0.25, 0.3) is 0 Å². The fourth-order valence-electron chi connectivity index (χ4n) is 12.0. The summed E-state index contributed by atoms with van der Waals surface area (Å²) in [6.45, 7) is 9.59. The van der Waals surface area contributed by atoms with Crippen LogP contribution in [-0.2, 0) is 65.4 Å². The van der Waals surface area contributed by atoms with Crippen molar-refractivity contribution in [1.29, 1.82) is 0 Å². The molecule has 0 saturated heterocycles. The van der Waals surface area contributed by atoms with Gasteiger partial charge in [0.2, 0.25) is 0 Å². The molecular weight excluding hydrogens is 1270 g/mol. The van der Waals surface area contributed by atoms with Gasteiger partial charge in [-0.1, -0.05) is 356 Å². The minimum Gasteiger partial charge on any atom is -0.462 e. The van der Waals surface area contributed by atoms with Crippen LogP contribution in [-0.4, -0.2) is 96.7 Å². The highest BCUT2D eigenvalue weighted by molar-refractivity contribution is 7.47. The van der Waals surface area contributed by atoms with Gasteiger partial charge in [-0.05, 0) is 37.5 Å². The van der Waals surface area contributed by atoms with Crippen LogP contribution in [0.4, 0.5) is 0 Å². The van der Waals surface area contributed by atoms with Gasteiger partial charge < -0.3 is 33.8 Å². The van der Waals surface area contributed by atoms with Crippen LogP contribution in [0.5, 0.6) is 0 Å². The number of ether oxygens (including phenoxy) is 4. The van der Waals surface area contributed by atoms with Crippen molar-refractivity contribution in [2.45, 2.75) is 426 Å². The number of aliphatic hydroxyl groups is 1. The zero-order chi connectivity index (χ0) is 71.4. The van der Waals surface area contributed by atoms with E-state index in [0.717, 1.165) is 102 Å². The van der Waals surface area contributed by atoms with E-state index in [4.69, 9.17) is 37.0 Å². The quantitative estimate of drug-likeness (QED) is 0.0222. The molecule has 0 aromatic carbocycles. The second kappa shape index (κ2) is 69.8. The molecule has 0 amide bonds. The molecule has 0 aromatic rings. The molecule has 0 aliphatic rings. The minimum atomic E-state index is -4.96. The second-order valence-corrected chi connectivity index (χ2v) is 31.7. The summed E-state index contributed by atoms with van der Waals surface area (Å²) in [7, 11) is -9.91. The van der Waals surface area contributed by atoms with Gasteiger partial charge in [0.05, 0.1) is 26.4 Å². The molecule has 19 heteroatoms. The predicted octanol–water partition coefficient (Wildman–Crippen LogP) is 23.1. The summed E-state index contributed by atoms with van der Waals surface area (Å²) < 4.78 is 68.5. The van der Waals surface area contributed by atoms with Gasteiger partial charge in [0.15, 0.2) is 12.2 Å². The van der Waals surface area contributed by atoms with Crippen molar-refractivity contribution >= 4 is 39.5 Å². The Hall–Kier alpha value is -1.94. The van der Waals surface area contributed by atoms with E-state index in [0.29, 0.717) is 25.7 Å². The number of aliphatic hydroxyl groups excluding tert-OH is 1. The number of hydrogen-bond acceptors (Lipinski definition) is 15. The summed E-state index contributed by atoms with van der Waals surface area (Å²) >= 11 is 0. The van der Waals surface area contributed by atoms with Gasteiger partial charge in [-0.3, -0.25) is 37.3 Å². The van der Waals surface area contributed by atoms with Gasteiger partial charge in [0.1, 0.15) is 19.3 Å². The van der Waals surface area contributed by atoms with Crippen molar-refractivity contribution in [3.8, 4) is 0 Å². The predicted molar refractivity (Wildman–Crippen MR) is 395 cm³/mol. The number of phosphoric acid groups is 2. The van der Waals surface area contributed by atoms with Crippen molar-refractivity contribution in [3.05, 3.63) is 0 Å². The van der Waals surface area contributed by atoms with E-state index in [1.54, 1.807) is 0 Å². The van der Waals surface area contributed by atoms with E-state index in [2.05, 4.69) is 41.5 Å². The molecular formula is C78H152O17P2. The van der Waals surface area contributed by atoms with Crippen molar-refractivity contribution in [2.24, 2.45) is 11.8 Å². The zero-order valence-corrected chi connectivity index (χ0v) is 65.2. The Balaban J connectivity index is 5.18. The molecule has 0 bridgehead atoms.